The molecule has 0 spiro atoms. The van der Waals surface area contributed by atoms with Crippen molar-refractivity contribution in [2.75, 3.05) is 19.7 Å². The number of carbonyl (C=O) groups excluding carboxylic acids is 3. The highest BCUT2D eigenvalue weighted by Crippen LogP contribution is 2.12. The summed E-state index contributed by atoms with van der Waals surface area (Å²) in [6, 6.07) is 0.0820. The molecule has 1 aliphatic rings. The zero-order valence-corrected chi connectivity index (χ0v) is 13.2. The number of ether oxygens (including phenoxy) is 1. The fourth-order valence-electron chi connectivity index (χ4n) is 2.13. The van der Waals surface area contributed by atoms with Gasteiger partial charge in [0.05, 0.1) is 6.61 Å². The maximum Gasteiger partial charge on any atom is 0.409 e. The fraction of sp³-hybridized carbons (Fsp3) is 0.800. The van der Waals surface area contributed by atoms with Gasteiger partial charge in [-0.25, -0.2) is 4.79 Å². The topological polar surface area (TPSA) is 75.7 Å². The van der Waals surface area contributed by atoms with Crippen molar-refractivity contribution in [3.05, 3.63) is 0 Å². The van der Waals surface area contributed by atoms with Crippen molar-refractivity contribution in [3.8, 4) is 0 Å². The number of likely N-dealkylation sites (tertiary alicyclic amines) is 1. The third kappa shape index (κ3) is 7.11. The predicted octanol–water partition coefficient (Wildman–Crippen LogP) is 1.73. The van der Waals surface area contributed by atoms with Gasteiger partial charge >= 0.3 is 6.09 Å². The first kappa shape index (κ1) is 17.5. The van der Waals surface area contributed by atoms with E-state index in [2.05, 4.69) is 5.32 Å². The van der Waals surface area contributed by atoms with Crippen LogP contribution in [0.4, 0.5) is 4.79 Å². The molecule has 1 saturated heterocycles. The largest absolute Gasteiger partial charge is 0.449 e. The molecule has 21 heavy (non-hydrogen) atoms. The molecule has 1 N–H and O–H groups in total. The molecule has 0 aromatic heterocycles. The number of nitrogens with zero attached hydrogens (tertiary/aromatic N) is 1. The van der Waals surface area contributed by atoms with Crippen LogP contribution in [-0.4, -0.2) is 48.4 Å². The molecule has 120 valence electrons. The Morgan fingerprint density at radius 3 is 2.33 bits per heavy atom. The van der Waals surface area contributed by atoms with Gasteiger partial charge in [0.1, 0.15) is 5.78 Å². The lowest BCUT2D eigenvalue weighted by Crippen LogP contribution is -2.46. The van der Waals surface area contributed by atoms with Crippen LogP contribution < -0.4 is 5.32 Å². The van der Waals surface area contributed by atoms with Crippen molar-refractivity contribution in [1.29, 1.82) is 0 Å². The number of rotatable bonds is 6. The average Bonchev–Trinajstić information content (AvgIpc) is 2.43. The molecular weight excluding hydrogens is 272 g/mol. The Hall–Kier alpha value is -1.59. The van der Waals surface area contributed by atoms with Crippen molar-refractivity contribution in [2.45, 2.75) is 52.5 Å². The first-order valence-electron chi connectivity index (χ1n) is 7.59. The maximum absolute atomic E-state index is 11.8. The minimum absolute atomic E-state index is 0.0212. The fourth-order valence-corrected chi connectivity index (χ4v) is 2.13. The maximum atomic E-state index is 11.8. The lowest BCUT2D eigenvalue weighted by molar-refractivity contribution is -0.125. The first-order valence-corrected chi connectivity index (χ1v) is 7.59. The van der Waals surface area contributed by atoms with E-state index in [0.29, 0.717) is 25.6 Å². The third-order valence-corrected chi connectivity index (χ3v) is 3.36. The Labute approximate surface area is 126 Å². The lowest BCUT2D eigenvalue weighted by atomic mass is 10.0. The van der Waals surface area contributed by atoms with E-state index >= 15 is 0 Å². The van der Waals surface area contributed by atoms with Crippen molar-refractivity contribution in [2.24, 2.45) is 5.92 Å². The summed E-state index contributed by atoms with van der Waals surface area (Å²) in [7, 11) is 0. The zero-order valence-electron chi connectivity index (χ0n) is 13.2. The number of carbonyl (C=O) groups is 3. The van der Waals surface area contributed by atoms with Crippen LogP contribution in [0.1, 0.15) is 46.5 Å². The van der Waals surface area contributed by atoms with Gasteiger partial charge in [0, 0.05) is 32.0 Å². The number of Topliss-reactive ketones (excluding diaryl/α,β-unsaturated/α-hetero) is 1. The Morgan fingerprint density at radius 2 is 1.81 bits per heavy atom. The van der Waals surface area contributed by atoms with Crippen LogP contribution in [0.5, 0.6) is 0 Å². The van der Waals surface area contributed by atoms with Gasteiger partial charge in [0.25, 0.3) is 0 Å². The van der Waals surface area contributed by atoms with Crippen molar-refractivity contribution in [3.63, 3.8) is 0 Å². The summed E-state index contributed by atoms with van der Waals surface area (Å²) < 4.78 is 5.19. The summed E-state index contributed by atoms with van der Waals surface area (Å²) in [5.74, 6) is 0.256. The summed E-state index contributed by atoms with van der Waals surface area (Å²) in [6.45, 7) is 7.09. The van der Waals surface area contributed by atoms with Crippen LogP contribution in [0.2, 0.25) is 0 Å². The van der Waals surface area contributed by atoms with Crippen LogP contribution in [0.25, 0.3) is 0 Å². The van der Waals surface area contributed by atoms with Crippen LogP contribution >= 0.6 is 0 Å². The van der Waals surface area contributed by atoms with Gasteiger partial charge < -0.3 is 19.7 Å². The van der Waals surface area contributed by atoms with E-state index in [-0.39, 0.29) is 36.7 Å². The van der Waals surface area contributed by atoms with E-state index < -0.39 is 0 Å². The van der Waals surface area contributed by atoms with Gasteiger partial charge in [-0.3, -0.25) is 4.79 Å². The van der Waals surface area contributed by atoms with E-state index in [1.54, 1.807) is 4.90 Å². The second kappa shape index (κ2) is 8.64. The molecule has 1 heterocycles. The number of ketones is 1. The number of nitrogens with one attached hydrogen (secondary N) is 1. The molecule has 0 aliphatic carbocycles. The van der Waals surface area contributed by atoms with Gasteiger partial charge in [-0.2, -0.15) is 0 Å². The second-order valence-electron chi connectivity index (χ2n) is 6.00. The summed E-state index contributed by atoms with van der Waals surface area (Å²) in [5, 5.41) is 2.91. The van der Waals surface area contributed by atoms with Crippen LogP contribution in [0.15, 0.2) is 0 Å². The molecule has 0 radical (unpaired) electrons. The molecule has 0 bridgehead atoms. The molecule has 1 aliphatic heterocycles. The molecule has 0 saturated carbocycles. The zero-order chi connectivity index (χ0) is 15.8. The molecular formula is C15H26N2O4. The number of amides is 2. The minimum atomic E-state index is -0.273. The van der Waals surface area contributed by atoms with Gasteiger partial charge in [0.2, 0.25) is 5.91 Å². The smallest absolute Gasteiger partial charge is 0.409 e. The van der Waals surface area contributed by atoms with Gasteiger partial charge in [-0.1, -0.05) is 13.8 Å². The normalized spacial score (nSPS) is 15.9. The number of hydrogen-bond acceptors (Lipinski definition) is 4. The van der Waals surface area contributed by atoms with E-state index in [1.165, 1.54) is 6.92 Å². The van der Waals surface area contributed by atoms with Crippen LogP contribution in [0.3, 0.4) is 0 Å². The Bertz CT molecular complexity index is 374. The van der Waals surface area contributed by atoms with Crippen molar-refractivity contribution in [1.82, 2.24) is 10.2 Å². The van der Waals surface area contributed by atoms with Gasteiger partial charge in [-0.15, -0.1) is 0 Å². The van der Waals surface area contributed by atoms with Crippen LogP contribution in [0, 0.1) is 5.92 Å². The molecule has 0 aromatic carbocycles. The minimum Gasteiger partial charge on any atom is -0.449 e. The summed E-state index contributed by atoms with van der Waals surface area (Å²) in [5.41, 5.74) is 0. The highest BCUT2D eigenvalue weighted by Gasteiger charge is 2.24. The van der Waals surface area contributed by atoms with Crippen molar-refractivity contribution >= 4 is 17.8 Å². The first-order chi connectivity index (χ1) is 9.88. The highest BCUT2D eigenvalue weighted by molar-refractivity contribution is 5.83. The number of hydrogen-bond donors (Lipinski definition) is 1. The summed E-state index contributed by atoms with van der Waals surface area (Å²) >= 11 is 0. The highest BCUT2D eigenvalue weighted by atomic mass is 16.6. The standard InChI is InChI=1S/C15H26N2O4/c1-11(2)10-21-15(20)17-8-6-13(7-9-17)16-14(19)5-4-12(3)18/h11,13H,4-10H2,1-3H3,(H,16,19). The molecule has 6 heteroatoms. The van der Waals surface area contributed by atoms with Gasteiger partial charge in [0.15, 0.2) is 0 Å². The van der Waals surface area contributed by atoms with Crippen LogP contribution in [-0.2, 0) is 14.3 Å². The Balaban J connectivity index is 2.24. The molecule has 6 nitrogen and oxygen atoms in total. The second-order valence-corrected chi connectivity index (χ2v) is 6.00. The molecule has 1 rings (SSSR count). The molecule has 1 fully saturated rings. The Morgan fingerprint density at radius 1 is 1.19 bits per heavy atom. The average molecular weight is 298 g/mol. The SMILES string of the molecule is CC(=O)CCC(=O)NC1CCN(C(=O)OCC(C)C)CC1. The molecule has 2 amide bonds. The molecule has 0 atom stereocenters. The third-order valence-electron chi connectivity index (χ3n) is 3.36. The van der Waals surface area contributed by atoms with Gasteiger partial charge in [-0.05, 0) is 25.7 Å². The molecule has 0 unspecified atom stereocenters. The van der Waals surface area contributed by atoms with E-state index in [4.69, 9.17) is 4.74 Å². The summed E-state index contributed by atoms with van der Waals surface area (Å²) in [6.07, 6.45) is 1.70. The Kier molecular flexibility index (Phi) is 7.19. The number of piperidine rings is 1. The van der Waals surface area contributed by atoms with E-state index in [0.717, 1.165) is 12.8 Å². The monoisotopic (exact) mass is 298 g/mol. The summed E-state index contributed by atoms with van der Waals surface area (Å²) in [4.78, 5) is 35.9. The lowest BCUT2D eigenvalue weighted by Gasteiger charge is -2.31. The quantitative estimate of drug-likeness (QED) is 0.810. The van der Waals surface area contributed by atoms with E-state index in [1.807, 2.05) is 13.8 Å². The van der Waals surface area contributed by atoms with Crippen molar-refractivity contribution < 1.29 is 19.1 Å². The van der Waals surface area contributed by atoms with E-state index in [9.17, 15) is 14.4 Å². The predicted molar refractivity (Wildman–Crippen MR) is 78.8 cm³/mol. The molecule has 0 aromatic rings.